The summed E-state index contributed by atoms with van der Waals surface area (Å²) in [6, 6.07) is 21.4. The van der Waals surface area contributed by atoms with Gasteiger partial charge in [0, 0.05) is 16.5 Å². The summed E-state index contributed by atoms with van der Waals surface area (Å²) < 4.78 is 8.90. The minimum atomic E-state index is 0.352. The Bertz CT molecular complexity index is 1790. The minimum absolute atomic E-state index is 0.352. The molecule has 0 aliphatic carbocycles. The average molecular weight is 488 g/mol. The molecule has 186 valence electrons. The largest absolute Gasteiger partial charge is 0.455 e. The van der Waals surface area contributed by atoms with Crippen molar-refractivity contribution in [2.45, 2.75) is 60.3 Å². The van der Waals surface area contributed by atoms with Gasteiger partial charge in [-0.05, 0) is 61.4 Å². The number of nitrogens with zero attached hydrogens (tertiary/aromatic N) is 3. The fourth-order valence-electron chi connectivity index (χ4n) is 5.67. The van der Waals surface area contributed by atoms with Gasteiger partial charge in [-0.1, -0.05) is 76.2 Å². The molecule has 3 aromatic heterocycles. The van der Waals surface area contributed by atoms with E-state index in [1.54, 1.807) is 0 Å². The molecule has 0 bridgehead atoms. The van der Waals surface area contributed by atoms with Crippen molar-refractivity contribution in [2.75, 3.05) is 0 Å². The van der Waals surface area contributed by atoms with Crippen molar-refractivity contribution in [1.82, 2.24) is 14.5 Å². The van der Waals surface area contributed by atoms with Crippen molar-refractivity contribution in [1.29, 1.82) is 0 Å². The number of para-hydroxylation sites is 3. The molecule has 4 heteroatoms. The normalized spacial score (nSPS) is 12.1. The number of aryl methyl sites for hydroxylation is 3. The van der Waals surface area contributed by atoms with Crippen LogP contribution in [0.15, 0.2) is 65.1 Å². The molecular weight excluding hydrogens is 454 g/mol. The van der Waals surface area contributed by atoms with Gasteiger partial charge in [-0.2, -0.15) is 0 Å². The van der Waals surface area contributed by atoms with E-state index in [-0.39, 0.29) is 0 Å². The molecule has 4 nitrogen and oxygen atoms in total. The summed E-state index contributed by atoms with van der Waals surface area (Å²) >= 11 is 0. The maximum atomic E-state index is 6.50. The van der Waals surface area contributed by atoms with E-state index in [4.69, 9.17) is 14.4 Å². The summed E-state index contributed by atoms with van der Waals surface area (Å²) in [5.74, 6) is 1.60. The van der Waals surface area contributed by atoms with Gasteiger partial charge in [0.25, 0.3) is 0 Å². The maximum absolute atomic E-state index is 6.50. The monoisotopic (exact) mass is 487 g/mol. The summed E-state index contributed by atoms with van der Waals surface area (Å²) in [6.45, 7) is 15.4. The number of rotatable bonds is 4. The van der Waals surface area contributed by atoms with Crippen LogP contribution in [0, 0.1) is 20.8 Å². The lowest BCUT2D eigenvalue weighted by atomic mass is 9.92. The Hall–Kier alpha value is -3.92. The summed E-state index contributed by atoms with van der Waals surface area (Å²) in [5.41, 5.74) is 11.8. The van der Waals surface area contributed by atoms with Crippen molar-refractivity contribution < 1.29 is 4.42 Å². The summed E-state index contributed by atoms with van der Waals surface area (Å²) in [4.78, 5) is 10.2. The van der Waals surface area contributed by atoms with Gasteiger partial charge in [-0.15, -0.1) is 0 Å². The maximum Gasteiger partial charge on any atom is 0.149 e. The Morgan fingerprint density at radius 2 is 1.35 bits per heavy atom. The smallest absolute Gasteiger partial charge is 0.149 e. The molecule has 0 aliphatic heterocycles. The van der Waals surface area contributed by atoms with Crippen LogP contribution in [0.3, 0.4) is 0 Å². The van der Waals surface area contributed by atoms with Crippen molar-refractivity contribution >= 4 is 33.0 Å². The fraction of sp³-hybridized carbons (Fsp3) is 0.273. The first-order valence-electron chi connectivity index (χ1n) is 13.2. The SMILES string of the molecule is Cc1nc(C)c2nc(-c3cccc4c3oc3ccccc34)n(-c3c(C(C)C)cccc3C(C)C)c2c1C. The van der Waals surface area contributed by atoms with Crippen LogP contribution in [0.2, 0.25) is 0 Å². The van der Waals surface area contributed by atoms with Crippen molar-refractivity contribution in [3.05, 3.63) is 88.7 Å². The molecule has 0 atom stereocenters. The number of imidazole rings is 1. The van der Waals surface area contributed by atoms with Crippen LogP contribution in [0.4, 0.5) is 0 Å². The highest BCUT2D eigenvalue weighted by atomic mass is 16.3. The molecule has 6 rings (SSSR count). The van der Waals surface area contributed by atoms with E-state index in [1.165, 1.54) is 16.8 Å². The van der Waals surface area contributed by atoms with E-state index < -0.39 is 0 Å². The van der Waals surface area contributed by atoms with Crippen LogP contribution in [0.25, 0.3) is 50.0 Å². The molecule has 0 saturated carbocycles. The zero-order chi connectivity index (χ0) is 26.0. The van der Waals surface area contributed by atoms with Gasteiger partial charge in [-0.25, -0.2) is 4.98 Å². The number of hydrogen-bond acceptors (Lipinski definition) is 3. The van der Waals surface area contributed by atoms with Crippen LogP contribution in [0.5, 0.6) is 0 Å². The van der Waals surface area contributed by atoms with Gasteiger partial charge in [0.2, 0.25) is 0 Å². The molecule has 0 saturated heterocycles. The third kappa shape index (κ3) is 3.50. The van der Waals surface area contributed by atoms with Gasteiger partial charge >= 0.3 is 0 Å². The molecular formula is C33H33N3O. The van der Waals surface area contributed by atoms with Crippen LogP contribution < -0.4 is 0 Å². The van der Waals surface area contributed by atoms with E-state index in [0.717, 1.165) is 61.3 Å². The van der Waals surface area contributed by atoms with Crippen molar-refractivity contribution in [3.8, 4) is 17.1 Å². The van der Waals surface area contributed by atoms with Crippen LogP contribution >= 0.6 is 0 Å². The first-order chi connectivity index (χ1) is 17.8. The van der Waals surface area contributed by atoms with E-state index in [0.29, 0.717) is 11.8 Å². The molecule has 0 aliphatic rings. The minimum Gasteiger partial charge on any atom is -0.455 e. The second-order valence-electron chi connectivity index (χ2n) is 10.8. The zero-order valence-corrected chi connectivity index (χ0v) is 22.7. The highest BCUT2D eigenvalue weighted by Gasteiger charge is 2.26. The van der Waals surface area contributed by atoms with Crippen LogP contribution in [0.1, 0.15) is 67.6 Å². The lowest BCUT2D eigenvalue weighted by Gasteiger charge is -2.23. The molecule has 0 fully saturated rings. The zero-order valence-electron chi connectivity index (χ0n) is 22.7. The third-order valence-electron chi connectivity index (χ3n) is 7.66. The van der Waals surface area contributed by atoms with Crippen LogP contribution in [-0.4, -0.2) is 14.5 Å². The molecule has 37 heavy (non-hydrogen) atoms. The Balaban J connectivity index is 1.84. The number of furan rings is 1. The molecule has 0 spiro atoms. The van der Waals surface area contributed by atoms with Gasteiger partial charge in [0.05, 0.1) is 22.5 Å². The average Bonchev–Trinajstić information content (AvgIpc) is 3.46. The number of fused-ring (bicyclic) bond motifs is 4. The lowest BCUT2D eigenvalue weighted by molar-refractivity contribution is 0.669. The highest BCUT2D eigenvalue weighted by Crippen LogP contribution is 2.42. The Morgan fingerprint density at radius 1 is 0.703 bits per heavy atom. The Labute approximate surface area is 218 Å². The molecule has 0 amide bonds. The fourth-order valence-corrected chi connectivity index (χ4v) is 5.67. The lowest BCUT2D eigenvalue weighted by Crippen LogP contribution is -2.09. The molecule has 3 heterocycles. The number of hydrogen-bond donors (Lipinski definition) is 0. The predicted octanol–water partition coefficient (Wildman–Crippen LogP) is 9.16. The summed E-state index contributed by atoms with van der Waals surface area (Å²) in [7, 11) is 0. The van der Waals surface area contributed by atoms with Crippen molar-refractivity contribution in [3.63, 3.8) is 0 Å². The highest BCUT2D eigenvalue weighted by molar-refractivity contribution is 6.09. The first kappa shape index (κ1) is 23.5. The van der Waals surface area contributed by atoms with Gasteiger partial charge in [0.15, 0.2) is 0 Å². The predicted molar refractivity (Wildman–Crippen MR) is 154 cm³/mol. The standard InChI is InChI=1S/C33H33N3O/c1-18(2)23-13-10-14-24(19(3)4)31(23)36-30-20(5)21(6)34-22(7)29(30)35-33(36)27-16-11-15-26-25-12-8-9-17-28(25)37-32(26)27/h8-19H,1-7H3. The summed E-state index contributed by atoms with van der Waals surface area (Å²) in [6.07, 6.45) is 0. The Kier molecular flexibility index (Phi) is 5.45. The number of pyridine rings is 1. The van der Waals surface area contributed by atoms with E-state index in [9.17, 15) is 0 Å². The van der Waals surface area contributed by atoms with E-state index >= 15 is 0 Å². The number of benzene rings is 3. The summed E-state index contributed by atoms with van der Waals surface area (Å²) in [5, 5.41) is 2.23. The second kappa shape index (κ2) is 8.58. The van der Waals surface area contributed by atoms with E-state index in [2.05, 4.69) is 102 Å². The van der Waals surface area contributed by atoms with Gasteiger partial charge < -0.3 is 4.42 Å². The first-order valence-corrected chi connectivity index (χ1v) is 13.2. The molecule has 0 unspecified atom stereocenters. The molecule has 0 radical (unpaired) electrons. The quantitative estimate of drug-likeness (QED) is 0.249. The van der Waals surface area contributed by atoms with Crippen molar-refractivity contribution in [2.24, 2.45) is 0 Å². The van der Waals surface area contributed by atoms with E-state index in [1.807, 2.05) is 12.1 Å². The Morgan fingerprint density at radius 3 is 2.05 bits per heavy atom. The number of aromatic nitrogens is 3. The van der Waals surface area contributed by atoms with Crippen LogP contribution in [-0.2, 0) is 0 Å². The molecule has 6 aromatic rings. The van der Waals surface area contributed by atoms with Gasteiger partial charge in [0.1, 0.15) is 22.5 Å². The topological polar surface area (TPSA) is 43.9 Å². The second-order valence-corrected chi connectivity index (χ2v) is 10.8. The third-order valence-corrected chi connectivity index (χ3v) is 7.66. The molecule has 3 aromatic carbocycles. The van der Waals surface area contributed by atoms with Gasteiger partial charge in [-0.3, -0.25) is 9.55 Å². The molecule has 0 N–H and O–H groups in total.